The quantitative estimate of drug-likeness (QED) is 0.413. The van der Waals surface area contributed by atoms with Crippen LogP contribution in [0.4, 0.5) is 0 Å². The number of hydrogen-bond acceptors (Lipinski definition) is 2. The lowest BCUT2D eigenvalue weighted by Gasteiger charge is -2.13. The second-order valence-corrected chi connectivity index (χ2v) is 6.70. The highest BCUT2D eigenvalue weighted by Gasteiger charge is 2.16. The lowest BCUT2D eigenvalue weighted by Crippen LogP contribution is -2.27. The molecule has 0 aliphatic carbocycles. The number of aromatic nitrogens is 1. The Kier molecular flexibility index (Phi) is 5.02. The zero-order valence-corrected chi connectivity index (χ0v) is 15.4. The summed E-state index contributed by atoms with van der Waals surface area (Å²) in [5.74, 6) is 0.266. The average molecular weight is 367 g/mol. The van der Waals surface area contributed by atoms with Crippen molar-refractivity contribution in [3.63, 3.8) is 0 Å². The minimum absolute atomic E-state index is 0.209. The summed E-state index contributed by atoms with van der Waals surface area (Å²) in [5, 5.41) is 0.985. The molecule has 138 valence electrons. The van der Waals surface area contributed by atoms with E-state index >= 15 is 0 Å². The Morgan fingerprint density at radius 3 is 2.14 bits per heavy atom. The van der Waals surface area contributed by atoms with E-state index in [2.05, 4.69) is 22.1 Å². The topological polar surface area (TPSA) is 71.2 Å². The molecule has 3 aromatic carbocycles. The molecule has 3 N–H and O–H groups in total. The number of H-pyrrole nitrogens is 1. The fourth-order valence-corrected chi connectivity index (χ4v) is 3.41. The van der Waals surface area contributed by atoms with Crippen molar-refractivity contribution in [1.29, 1.82) is 0 Å². The van der Waals surface area contributed by atoms with Crippen LogP contribution in [0.5, 0.6) is 0 Å². The van der Waals surface area contributed by atoms with E-state index in [0.717, 1.165) is 27.6 Å². The summed E-state index contributed by atoms with van der Waals surface area (Å²) in [6, 6.07) is 27.8. The number of nitrogens with two attached hydrogens (primary N) is 1. The summed E-state index contributed by atoms with van der Waals surface area (Å²) >= 11 is 0. The minimum atomic E-state index is -0.209. The number of pyridine rings is 1. The molecule has 0 saturated carbocycles. The first-order valence-corrected chi connectivity index (χ1v) is 9.24. The van der Waals surface area contributed by atoms with E-state index in [1.54, 1.807) is 0 Å². The van der Waals surface area contributed by atoms with Crippen molar-refractivity contribution in [3.8, 4) is 0 Å². The molecule has 4 aromatic rings. The van der Waals surface area contributed by atoms with Crippen LogP contribution in [0.3, 0.4) is 0 Å². The van der Waals surface area contributed by atoms with Crippen molar-refractivity contribution >= 4 is 16.7 Å². The van der Waals surface area contributed by atoms with Gasteiger partial charge in [-0.05, 0) is 29.2 Å². The number of para-hydroxylation sites is 1. The molecule has 0 fully saturated rings. The van der Waals surface area contributed by atoms with Crippen LogP contribution < -0.4 is 11.3 Å². The minimum Gasteiger partial charge on any atom is -0.383 e. The molecule has 0 unspecified atom stereocenters. The van der Waals surface area contributed by atoms with Gasteiger partial charge in [0.25, 0.3) is 5.56 Å². The molecule has 0 amide bonds. The van der Waals surface area contributed by atoms with E-state index in [1.165, 1.54) is 0 Å². The molecule has 0 aliphatic rings. The number of aliphatic imine (C=N–C) groups is 1. The van der Waals surface area contributed by atoms with Gasteiger partial charge in [0, 0.05) is 10.9 Å². The Hall–Kier alpha value is -3.66. The van der Waals surface area contributed by atoms with Gasteiger partial charge in [0.2, 0.25) is 0 Å². The third-order valence-electron chi connectivity index (χ3n) is 4.78. The number of nitrogens with zero attached hydrogens (tertiary/aromatic N) is 1. The van der Waals surface area contributed by atoms with Gasteiger partial charge in [-0.3, -0.25) is 9.79 Å². The Morgan fingerprint density at radius 1 is 0.821 bits per heavy atom. The van der Waals surface area contributed by atoms with E-state index in [-0.39, 0.29) is 11.4 Å². The maximum Gasteiger partial charge on any atom is 0.259 e. The SMILES string of the molecule is NC(=NCc1ccccc1)c1c(Cc2ccccc2)c2ccccc2[nH]c1=O. The van der Waals surface area contributed by atoms with Gasteiger partial charge in [-0.2, -0.15) is 0 Å². The number of hydrogen-bond donors (Lipinski definition) is 2. The first-order valence-electron chi connectivity index (χ1n) is 9.24. The molecule has 1 heterocycles. The third-order valence-corrected chi connectivity index (χ3v) is 4.78. The smallest absolute Gasteiger partial charge is 0.259 e. The number of amidine groups is 1. The van der Waals surface area contributed by atoms with Gasteiger partial charge in [0.05, 0.1) is 12.1 Å². The fourth-order valence-electron chi connectivity index (χ4n) is 3.41. The molecule has 1 aromatic heterocycles. The van der Waals surface area contributed by atoms with Crippen molar-refractivity contribution in [2.75, 3.05) is 0 Å². The van der Waals surface area contributed by atoms with Gasteiger partial charge >= 0.3 is 0 Å². The molecule has 4 nitrogen and oxygen atoms in total. The predicted molar refractivity (Wildman–Crippen MR) is 115 cm³/mol. The summed E-state index contributed by atoms with van der Waals surface area (Å²) < 4.78 is 0. The Balaban J connectivity index is 1.83. The van der Waals surface area contributed by atoms with Crippen LogP contribution in [0.25, 0.3) is 10.9 Å². The van der Waals surface area contributed by atoms with E-state index in [4.69, 9.17) is 5.73 Å². The lowest BCUT2D eigenvalue weighted by molar-refractivity contribution is 1.05. The Labute approximate surface area is 163 Å². The largest absolute Gasteiger partial charge is 0.383 e. The van der Waals surface area contributed by atoms with E-state index < -0.39 is 0 Å². The van der Waals surface area contributed by atoms with Crippen LogP contribution in [-0.2, 0) is 13.0 Å². The summed E-state index contributed by atoms with van der Waals surface area (Å²) in [6.45, 7) is 0.434. The second-order valence-electron chi connectivity index (χ2n) is 6.70. The lowest BCUT2D eigenvalue weighted by atomic mass is 9.96. The van der Waals surface area contributed by atoms with Crippen LogP contribution in [0.15, 0.2) is 94.7 Å². The molecule has 4 heteroatoms. The average Bonchev–Trinajstić information content (AvgIpc) is 2.73. The summed E-state index contributed by atoms with van der Waals surface area (Å²) in [4.78, 5) is 20.3. The standard InChI is InChI=1S/C24H21N3O/c25-23(26-16-18-11-5-2-6-12-18)22-20(15-17-9-3-1-4-10-17)19-13-7-8-14-21(19)27-24(22)28/h1-14H,15-16H2,(H2,25,26)(H,27,28). The van der Waals surface area contributed by atoms with Gasteiger partial charge in [0.1, 0.15) is 5.84 Å². The van der Waals surface area contributed by atoms with Crippen LogP contribution in [-0.4, -0.2) is 10.8 Å². The molecular formula is C24H21N3O. The molecule has 0 atom stereocenters. The molecule has 0 spiro atoms. The van der Waals surface area contributed by atoms with Gasteiger partial charge in [0.15, 0.2) is 0 Å². The van der Waals surface area contributed by atoms with E-state index in [1.807, 2.05) is 72.8 Å². The number of fused-ring (bicyclic) bond motifs is 1. The highest BCUT2D eigenvalue weighted by Crippen LogP contribution is 2.21. The van der Waals surface area contributed by atoms with E-state index in [0.29, 0.717) is 18.5 Å². The summed E-state index contributed by atoms with van der Waals surface area (Å²) in [5.41, 5.74) is 10.4. The number of benzene rings is 3. The molecular weight excluding hydrogens is 346 g/mol. The molecule has 0 radical (unpaired) electrons. The second kappa shape index (κ2) is 7.92. The van der Waals surface area contributed by atoms with E-state index in [9.17, 15) is 4.79 Å². The summed E-state index contributed by atoms with van der Waals surface area (Å²) in [7, 11) is 0. The zero-order chi connectivity index (χ0) is 19.3. The first kappa shape index (κ1) is 17.7. The van der Waals surface area contributed by atoms with Crippen molar-refractivity contribution in [2.45, 2.75) is 13.0 Å². The molecule has 4 rings (SSSR count). The maximum absolute atomic E-state index is 12.9. The monoisotopic (exact) mass is 367 g/mol. The van der Waals surface area contributed by atoms with Crippen molar-refractivity contribution in [2.24, 2.45) is 10.7 Å². The van der Waals surface area contributed by atoms with Crippen molar-refractivity contribution in [3.05, 3.63) is 118 Å². The fraction of sp³-hybridized carbons (Fsp3) is 0.0833. The molecule has 28 heavy (non-hydrogen) atoms. The summed E-state index contributed by atoms with van der Waals surface area (Å²) in [6.07, 6.45) is 0.613. The zero-order valence-electron chi connectivity index (χ0n) is 15.4. The normalized spacial score (nSPS) is 11.6. The highest BCUT2D eigenvalue weighted by atomic mass is 16.1. The predicted octanol–water partition coefficient (Wildman–Crippen LogP) is 4.02. The Bertz CT molecular complexity index is 1180. The van der Waals surface area contributed by atoms with Crippen molar-refractivity contribution in [1.82, 2.24) is 4.98 Å². The highest BCUT2D eigenvalue weighted by molar-refractivity contribution is 6.02. The third kappa shape index (κ3) is 3.71. The van der Waals surface area contributed by atoms with Crippen LogP contribution in [0.1, 0.15) is 22.3 Å². The molecule has 0 bridgehead atoms. The van der Waals surface area contributed by atoms with Crippen molar-refractivity contribution < 1.29 is 0 Å². The van der Waals surface area contributed by atoms with Gasteiger partial charge in [-0.25, -0.2) is 0 Å². The Morgan fingerprint density at radius 2 is 1.43 bits per heavy atom. The van der Waals surface area contributed by atoms with Gasteiger partial charge < -0.3 is 10.7 Å². The van der Waals surface area contributed by atoms with Gasteiger partial charge in [-0.1, -0.05) is 78.9 Å². The van der Waals surface area contributed by atoms with Gasteiger partial charge in [-0.15, -0.1) is 0 Å². The van der Waals surface area contributed by atoms with Crippen LogP contribution in [0.2, 0.25) is 0 Å². The molecule has 0 aliphatic heterocycles. The van der Waals surface area contributed by atoms with Crippen LogP contribution >= 0.6 is 0 Å². The number of nitrogens with one attached hydrogen (secondary N) is 1. The number of aromatic amines is 1. The van der Waals surface area contributed by atoms with Crippen LogP contribution in [0, 0.1) is 0 Å². The first-order chi connectivity index (χ1) is 13.7. The number of rotatable bonds is 5. The molecule has 0 saturated heterocycles. The maximum atomic E-state index is 12.9.